The summed E-state index contributed by atoms with van der Waals surface area (Å²) in [6, 6.07) is 10.3. The summed E-state index contributed by atoms with van der Waals surface area (Å²) in [6.07, 6.45) is 6.69. The lowest BCUT2D eigenvalue weighted by Crippen LogP contribution is -2.39. The zero-order chi connectivity index (χ0) is 20.7. The molecule has 0 radical (unpaired) electrons. The summed E-state index contributed by atoms with van der Waals surface area (Å²) in [7, 11) is 1.88. The van der Waals surface area contributed by atoms with Gasteiger partial charge in [-0.25, -0.2) is 0 Å². The summed E-state index contributed by atoms with van der Waals surface area (Å²) in [4.78, 5) is 30.6. The first kappa shape index (κ1) is 19.3. The highest BCUT2D eigenvalue weighted by atomic mass is 16.2. The minimum Gasteiger partial charge on any atom is -0.342 e. The third-order valence-corrected chi connectivity index (χ3v) is 7.28. The molecule has 2 aliphatic heterocycles. The number of likely N-dealkylation sites (tertiary alicyclic amines) is 2. The molecule has 1 unspecified atom stereocenters. The average molecular weight is 407 g/mol. The van der Waals surface area contributed by atoms with E-state index >= 15 is 0 Å². The molecule has 3 aliphatic rings. The van der Waals surface area contributed by atoms with Gasteiger partial charge in [-0.2, -0.15) is 5.10 Å². The van der Waals surface area contributed by atoms with E-state index in [9.17, 15) is 9.59 Å². The molecule has 6 nitrogen and oxygen atoms in total. The number of rotatable bonds is 4. The van der Waals surface area contributed by atoms with Gasteiger partial charge in [0.1, 0.15) is 5.69 Å². The molecule has 3 heterocycles. The number of benzene rings is 1. The highest BCUT2D eigenvalue weighted by Crippen LogP contribution is 2.41. The van der Waals surface area contributed by atoms with E-state index in [0.29, 0.717) is 13.1 Å². The maximum absolute atomic E-state index is 13.4. The quantitative estimate of drug-likeness (QED) is 0.784. The molecule has 1 aromatic heterocycles. The van der Waals surface area contributed by atoms with Gasteiger partial charge in [-0.05, 0) is 50.5 Å². The molecule has 5 rings (SSSR count). The topological polar surface area (TPSA) is 58.4 Å². The lowest BCUT2D eigenvalue weighted by molar-refractivity contribution is -0.135. The van der Waals surface area contributed by atoms with Crippen LogP contribution in [0.15, 0.2) is 30.3 Å². The van der Waals surface area contributed by atoms with Crippen LogP contribution < -0.4 is 0 Å². The molecule has 2 amide bonds. The van der Waals surface area contributed by atoms with E-state index in [1.165, 1.54) is 5.56 Å². The van der Waals surface area contributed by atoms with Gasteiger partial charge in [-0.3, -0.25) is 14.3 Å². The third-order valence-electron chi connectivity index (χ3n) is 7.28. The Morgan fingerprint density at radius 1 is 1.10 bits per heavy atom. The van der Waals surface area contributed by atoms with E-state index in [1.54, 1.807) is 4.68 Å². The Hall–Kier alpha value is -2.63. The first-order valence-electron chi connectivity index (χ1n) is 11.2. The number of aryl methyl sites for hydroxylation is 2. The SMILES string of the molecule is Cn1nc2c(c1C(=O)N1CCC3(CCN(CCc4ccccc4)C3=O)C1)CCCC2. The Balaban J connectivity index is 1.27. The molecule has 1 aromatic carbocycles. The van der Waals surface area contributed by atoms with E-state index in [2.05, 4.69) is 17.2 Å². The molecule has 158 valence electrons. The molecular weight excluding hydrogens is 376 g/mol. The molecule has 2 saturated heterocycles. The molecule has 2 fully saturated rings. The Morgan fingerprint density at radius 3 is 2.70 bits per heavy atom. The Kier molecular flexibility index (Phi) is 4.88. The molecule has 0 bridgehead atoms. The molecule has 30 heavy (non-hydrogen) atoms. The van der Waals surface area contributed by atoms with Crippen LogP contribution in [0.2, 0.25) is 0 Å². The van der Waals surface area contributed by atoms with Crippen molar-refractivity contribution >= 4 is 11.8 Å². The summed E-state index contributed by atoms with van der Waals surface area (Å²) < 4.78 is 1.77. The molecular formula is C24H30N4O2. The van der Waals surface area contributed by atoms with Crippen molar-refractivity contribution in [3.8, 4) is 0 Å². The smallest absolute Gasteiger partial charge is 0.272 e. The maximum Gasteiger partial charge on any atom is 0.272 e. The first-order chi connectivity index (χ1) is 14.6. The normalized spacial score (nSPS) is 23.4. The summed E-state index contributed by atoms with van der Waals surface area (Å²) in [5.74, 6) is 0.293. The van der Waals surface area contributed by atoms with Crippen LogP contribution in [0, 0.1) is 5.41 Å². The summed E-state index contributed by atoms with van der Waals surface area (Å²) >= 11 is 0. The number of hydrogen-bond acceptors (Lipinski definition) is 3. The standard InChI is InChI=1S/C24H30N4O2/c1-26-21(19-9-5-6-10-20(19)25-26)22(29)28-16-13-24(17-28)12-15-27(23(24)30)14-11-18-7-3-2-4-8-18/h2-4,7-8H,5-6,9-17H2,1H3. The predicted molar refractivity (Wildman–Crippen MR) is 114 cm³/mol. The Labute approximate surface area is 177 Å². The number of carbonyl (C=O) groups is 2. The first-order valence-corrected chi connectivity index (χ1v) is 11.2. The van der Waals surface area contributed by atoms with E-state index in [1.807, 2.05) is 35.0 Å². The van der Waals surface area contributed by atoms with Crippen LogP contribution in [0.4, 0.5) is 0 Å². The van der Waals surface area contributed by atoms with Crippen molar-refractivity contribution in [3.05, 3.63) is 52.8 Å². The number of carbonyl (C=O) groups excluding carboxylic acids is 2. The summed E-state index contributed by atoms with van der Waals surface area (Å²) in [5, 5.41) is 4.61. The third kappa shape index (κ3) is 3.22. The highest BCUT2D eigenvalue weighted by molar-refractivity contribution is 5.96. The van der Waals surface area contributed by atoms with Crippen molar-refractivity contribution in [2.45, 2.75) is 44.9 Å². The zero-order valence-corrected chi connectivity index (χ0v) is 17.8. The maximum atomic E-state index is 13.4. The lowest BCUT2D eigenvalue weighted by Gasteiger charge is -2.24. The molecule has 6 heteroatoms. The van der Waals surface area contributed by atoms with Crippen LogP contribution in [-0.4, -0.2) is 57.6 Å². The highest BCUT2D eigenvalue weighted by Gasteiger charge is 2.51. The molecule has 1 atom stereocenters. The van der Waals surface area contributed by atoms with Gasteiger partial charge in [0.05, 0.1) is 11.1 Å². The second-order valence-corrected chi connectivity index (χ2v) is 9.14. The molecule has 0 N–H and O–H groups in total. The van der Waals surface area contributed by atoms with E-state index in [-0.39, 0.29) is 17.2 Å². The van der Waals surface area contributed by atoms with Gasteiger partial charge in [-0.1, -0.05) is 30.3 Å². The van der Waals surface area contributed by atoms with E-state index in [4.69, 9.17) is 0 Å². The van der Waals surface area contributed by atoms with Crippen molar-refractivity contribution in [2.24, 2.45) is 12.5 Å². The number of aromatic nitrogens is 2. The monoisotopic (exact) mass is 406 g/mol. The van der Waals surface area contributed by atoms with Gasteiger partial charge in [0, 0.05) is 38.8 Å². The van der Waals surface area contributed by atoms with Gasteiger partial charge < -0.3 is 9.80 Å². The van der Waals surface area contributed by atoms with Crippen LogP contribution in [0.1, 0.15) is 53.0 Å². The minimum absolute atomic E-state index is 0.0561. The molecule has 0 saturated carbocycles. The van der Waals surface area contributed by atoms with Gasteiger partial charge >= 0.3 is 0 Å². The number of nitrogens with zero attached hydrogens (tertiary/aromatic N) is 4. The fourth-order valence-corrected chi connectivity index (χ4v) is 5.54. The van der Waals surface area contributed by atoms with Gasteiger partial charge in [-0.15, -0.1) is 0 Å². The van der Waals surface area contributed by atoms with Crippen molar-refractivity contribution in [1.29, 1.82) is 0 Å². The van der Waals surface area contributed by atoms with Crippen LogP contribution in [-0.2, 0) is 31.1 Å². The summed E-state index contributed by atoms with van der Waals surface area (Å²) in [5.41, 5.74) is 3.84. The van der Waals surface area contributed by atoms with E-state index in [0.717, 1.165) is 75.0 Å². The van der Waals surface area contributed by atoms with Crippen molar-refractivity contribution in [2.75, 3.05) is 26.2 Å². The van der Waals surface area contributed by atoms with Gasteiger partial charge in [0.2, 0.25) is 5.91 Å². The van der Waals surface area contributed by atoms with Crippen LogP contribution in [0.5, 0.6) is 0 Å². The molecule has 1 aliphatic carbocycles. The second kappa shape index (κ2) is 7.56. The fraction of sp³-hybridized carbons (Fsp3) is 0.542. The Morgan fingerprint density at radius 2 is 1.87 bits per heavy atom. The summed E-state index contributed by atoms with van der Waals surface area (Å²) in [6.45, 7) is 2.77. The average Bonchev–Trinajstić information content (AvgIpc) is 3.43. The number of hydrogen-bond donors (Lipinski definition) is 0. The van der Waals surface area contributed by atoms with Crippen LogP contribution >= 0.6 is 0 Å². The van der Waals surface area contributed by atoms with Crippen molar-refractivity contribution in [1.82, 2.24) is 19.6 Å². The van der Waals surface area contributed by atoms with Crippen LogP contribution in [0.3, 0.4) is 0 Å². The molecule has 1 spiro atoms. The Bertz CT molecular complexity index is 967. The second-order valence-electron chi connectivity index (χ2n) is 9.14. The van der Waals surface area contributed by atoms with Gasteiger partial charge in [0.25, 0.3) is 5.91 Å². The van der Waals surface area contributed by atoms with Crippen molar-refractivity contribution < 1.29 is 9.59 Å². The van der Waals surface area contributed by atoms with Gasteiger partial charge in [0.15, 0.2) is 0 Å². The zero-order valence-electron chi connectivity index (χ0n) is 17.8. The fourth-order valence-electron chi connectivity index (χ4n) is 5.54. The van der Waals surface area contributed by atoms with Crippen LogP contribution in [0.25, 0.3) is 0 Å². The minimum atomic E-state index is -0.384. The lowest BCUT2D eigenvalue weighted by atomic mass is 9.85. The number of amides is 2. The van der Waals surface area contributed by atoms with Crippen molar-refractivity contribution in [3.63, 3.8) is 0 Å². The predicted octanol–water partition coefficient (Wildman–Crippen LogP) is 2.61. The number of fused-ring (bicyclic) bond motifs is 1. The van der Waals surface area contributed by atoms with E-state index < -0.39 is 0 Å². The largest absolute Gasteiger partial charge is 0.342 e. The molecule has 2 aromatic rings.